The van der Waals surface area contributed by atoms with Crippen LogP contribution in [0, 0.1) is 0 Å². The van der Waals surface area contributed by atoms with E-state index < -0.39 is 0 Å². The summed E-state index contributed by atoms with van der Waals surface area (Å²) in [6.07, 6.45) is 4.04. The number of aromatic nitrogens is 2. The molecule has 27 heavy (non-hydrogen) atoms. The third kappa shape index (κ3) is 3.57. The normalized spacial score (nSPS) is 15.1. The Bertz CT molecular complexity index is 997. The van der Waals surface area contributed by atoms with Crippen molar-refractivity contribution in [3.8, 4) is 0 Å². The number of hydrogen-bond acceptors (Lipinski definition) is 3. The highest BCUT2D eigenvalue weighted by molar-refractivity contribution is 6.32. The zero-order chi connectivity index (χ0) is 19.0. The van der Waals surface area contributed by atoms with Gasteiger partial charge in [-0.3, -0.25) is 14.8 Å². The second-order valence-electron chi connectivity index (χ2n) is 7.26. The molecule has 0 bridgehead atoms. The van der Waals surface area contributed by atoms with E-state index in [4.69, 9.17) is 11.6 Å². The van der Waals surface area contributed by atoms with Gasteiger partial charge in [0.05, 0.1) is 17.3 Å². The minimum absolute atomic E-state index is 0.182. The molecule has 0 saturated heterocycles. The molecule has 0 unspecified atom stereocenters. The zero-order valence-corrected chi connectivity index (χ0v) is 16.3. The standard InChI is InChI=1S/C21H23ClN4O/c1-3-4-13(2)26-11-14-5-6-17(7-15(14)12-26)24-21(27)18-8-16(22)9-20-19(18)10-23-25-20/h5-10,13H,3-4,11-12H2,1-2H3,(H,23,25)(H,24,27)/t13-/m0/s1. The molecular formula is C21H23ClN4O. The Hall–Kier alpha value is -2.37. The predicted octanol–water partition coefficient (Wildman–Crippen LogP) is 4.97. The summed E-state index contributed by atoms with van der Waals surface area (Å²) >= 11 is 6.14. The first-order valence-corrected chi connectivity index (χ1v) is 9.72. The van der Waals surface area contributed by atoms with Crippen LogP contribution in [0.5, 0.6) is 0 Å². The van der Waals surface area contributed by atoms with E-state index in [9.17, 15) is 4.79 Å². The Morgan fingerprint density at radius 1 is 1.30 bits per heavy atom. The molecule has 1 aliphatic rings. The van der Waals surface area contributed by atoms with Crippen molar-refractivity contribution in [3.63, 3.8) is 0 Å². The van der Waals surface area contributed by atoms with Gasteiger partial charge in [-0.25, -0.2) is 0 Å². The lowest BCUT2D eigenvalue weighted by molar-refractivity contribution is 0.102. The number of halogens is 1. The summed E-state index contributed by atoms with van der Waals surface area (Å²) in [6.45, 7) is 6.42. The molecule has 0 saturated carbocycles. The van der Waals surface area contributed by atoms with Gasteiger partial charge in [0.15, 0.2) is 0 Å². The summed E-state index contributed by atoms with van der Waals surface area (Å²) in [5.41, 5.74) is 4.71. The van der Waals surface area contributed by atoms with Crippen LogP contribution in [0.15, 0.2) is 36.5 Å². The lowest BCUT2D eigenvalue weighted by Gasteiger charge is -2.23. The van der Waals surface area contributed by atoms with Crippen molar-refractivity contribution in [2.24, 2.45) is 0 Å². The predicted molar refractivity (Wildman–Crippen MR) is 109 cm³/mol. The van der Waals surface area contributed by atoms with Crippen molar-refractivity contribution >= 4 is 34.1 Å². The number of benzene rings is 2. The molecule has 6 heteroatoms. The molecule has 0 aliphatic carbocycles. The lowest BCUT2D eigenvalue weighted by atomic mass is 10.1. The van der Waals surface area contributed by atoms with Gasteiger partial charge in [0.25, 0.3) is 5.91 Å². The Kier molecular flexibility index (Phi) is 4.89. The molecule has 0 spiro atoms. The number of aromatic amines is 1. The molecule has 3 aromatic rings. The molecule has 2 heterocycles. The molecule has 1 amide bonds. The maximum atomic E-state index is 12.8. The monoisotopic (exact) mass is 382 g/mol. The highest BCUT2D eigenvalue weighted by atomic mass is 35.5. The molecule has 0 radical (unpaired) electrons. The van der Waals surface area contributed by atoms with Crippen molar-refractivity contribution in [1.29, 1.82) is 0 Å². The van der Waals surface area contributed by atoms with Gasteiger partial charge >= 0.3 is 0 Å². The van der Waals surface area contributed by atoms with E-state index in [-0.39, 0.29) is 5.91 Å². The van der Waals surface area contributed by atoms with Gasteiger partial charge < -0.3 is 5.32 Å². The van der Waals surface area contributed by atoms with Crippen molar-refractivity contribution in [2.75, 3.05) is 5.32 Å². The van der Waals surface area contributed by atoms with Crippen LogP contribution in [-0.2, 0) is 13.1 Å². The molecule has 1 aromatic heterocycles. The minimum atomic E-state index is -0.182. The van der Waals surface area contributed by atoms with Crippen molar-refractivity contribution in [1.82, 2.24) is 15.1 Å². The van der Waals surface area contributed by atoms with E-state index in [0.29, 0.717) is 16.6 Å². The number of H-pyrrole nitrogens is 1. The fourth-order valence-corrected chi connectivity index (χ4v) is 4.03. The van der Waals surface area contributed by atoms with E-state index in [1.165, 1.54) is 24.0 Å². The van der Waals surface area contributed by atoms with E-state index in [2.05, 4.69) is 46.4 Å². The van der Waals surface area contributed by atoms with E-state index in [0.717, 1.165) is 29.7 Å². The van der Waals surface area contributed by atoms with Crippen LogP contribution in [0.25, 0.3) is 10.9 Å². The van der Waals surface area contributed by atoms with Gasteiger partial charge in [0.2, 0.25) is 0 Å². The number of carbonyl (C=O) groups is 1. The minimum Gasteiger partial charge on any atom is -0.322 e. The summed E-state index contributed by atoms with van der Waals surface area (Å²) < 4.78 is 0. The second kappa shape index (κ2) is 7.33. The topological polar surface area (TPSA) is 61.0 Å². The highest BCUT2D eigenvalue weighted by Crippen LogP contribution is 2.29. The largest absolute Gasteiger partial charge is 0.322 e. The maximum absolute atomic E-state index is 12.8. The Balaban J connectivity index is 1.54. The molecule has 5 nitrogen and oxygen atoms in total. The Morgan fingerprint density at radius 2 is 2.11 bits per heavy atom. The zero-order valence-electron chi connectivity index (χ0n) is 15.6. The lowest BCUT2D eigenvalue weighted by Crippen LogP contribution is -2.27. The maximum Gasteiger partial charge on any atom is 0.256 e. The average molecular weight is 383 g/mol. The fourth-order valence-electron chi connectivity index (χ4n) is 3.81. The van der Waals surface area contributed by atoms with Gasteiger partial charge in [0, 0.05) is 35.2 Å². The van der Waals surface area contributed by atoms with Crippen LogP contribution in [0.4, 0.5) is 5.69 Å². The number of hydrogen-bond donors (Lipinski definition) is 2. The van der Waals surface area contributed by atoms with Crippen molar-refractivity contribution in [2.45, 2.75) is 45.8 Å². The first-order chi connectivity index (χ1) is 13.0. The average Bonchev–Trinajstić information content (AvgIpc) is 3.27. The number of nitrogens with zero attached hydrogens (tertiary/aromatic N) is 2. The van der Waals surface area contributed by atoms with E-state index >= 15 is 0 Å². The third-order valence-electron chi connectivity index (χ3n) is 5.31. The molecule has 0 fully saturated rings. The number of rotatable bonds is 5. The van der Waals surface area contributed by atoms with Crippen LogP contribution in [0.1, 0.15) is 48.2 Å². The highest BCUT2D eigenvalue weighted by Gasteiger charge is 2.23. The molecule has 140 valence electrons. The van der Waals surface area contributed by atoms with Gasteiger partial charge in [-0.1, -0.05) is 31.0 Å². The summed E-state index contributed by atoms with van der Waals surface area (Å²) in [7, 11) is 0. The Labute approximate surface area is 163 Å². The molecule has 2 N–H and O–H groups in total. The number of fused-ring (bicyclic) bond motifs is 2. The van der Waals surface area contributed by atoms with Crippen LogP contribution in [0.2, 0.25) is 5.02 Å². The molecule has 4 rings (SSSR count). The van der Waals surface area contributed by atoms with Crippen LogP contribution in [-0.4, -0.2) is 27.0 Å². The van der Waals surface area contributed by atoms with E-state index in [1.54, 1.807) is 18.3 Å². The summed E-state index contributed by atoms with van der Waals surface area (Å²) in [5.74, 6) is -0.182. The van der Waals surface area contributed by atoms with Gasteiger partial charge in [-0.15, -0.1) is 0 Å². The van der Waals surface area contributed by atoms with Crippen LogP contribution in [0.3, 0.4) is 0 Å². The van der Waals surface area contributed by atoms with Gasteiger partial charge in [-0.2, -0.15) is 5.10 Å². The first kappa shape index (κ1) is 18.0. The molecule has 1 atom stereocenters. The molecule has 1 aliphatic heterocycles. The molecule has 2 aromatic carbocycles. The first-order valence-electron chi connectivity index (χ1n) is 9.35. The summed E-state index contributed by atoms with van der Waals surface area (Å²) in [6, 6.07) is 10.2. The summed E-state index contributed by atoms with van der Waals surface area (Å²) in [5, 5.41) is 11.1. The van der Waals surface area contributed by atoms with Gasteiger partial charge in [0.1, 0.15) is 0 Å². The Morgan fingerprint density at radius 3 is 2.93 bits per heavy atom. The summed E-state index contributed by atoms with van der Waals surface area (Å²) in [4.78, 5) is 15.3. The number of amides is 1. The fraction of sp³-hybridized carbons (Fsp3) is 0.333. The second-order valence-corrected chi connectivity index (χ2v) is 7.70. The number of nitrogens with one attached hydrogen (secondary N) is 2. The number of carbonyl (C=O) groups excluding carboxylic acids is 1. The van der Waals surface area contributed by atoms with Crippen molar-refractivity contribution < 1.29 is 4.79 Å². The van der Waals surface area contributed by atoms with Crippen molar-refractivity contribution in [3.05, 3.63) is 58.2 Å². The third-order valence-corrected chi connectivity index (χ3v) is 5.53. The number of anilines is 1. The van der Waals surface area contributed by atoms with Gasteiger partial charge in [-0.05, 0) is 48.7 Å². The van der Waals surface area contributed by atoms with Crippen LogP contribution < -0.4 is 5.32 Å². The van der Waals surface area contributed by atoms with E-state index in [1.807, 2.05) is 6.07 Å². The molecular weight excluding hydrogens is 360 g/mol. The SMILES string of the molecule is CCC[C@H](C)N1Cc2ccc(NC(=O)c3cc(Cl)cc4[nH]ncc34)cc2C1. The van der Waals surface area contributed by atoms with Crippen LogP contribution >= 0.6 is 11.6 Å². The smallest absolute Gasteiger partial charge is 0.256 e. The quantitative estimate of drug-likeness (QED) is 0.654.